The van der Waals surface area contributed by atoms with Crippen LogP contribution in [0.25, 0.3) is 0 Å². The van der Waals surface area contributed by atoms with Crippen molar-refractivity contribution >= 4 is 50.5 Å². The highest BCUT2D eigenvalue weighted by atomic mass is 35.5. The molecule has 1 fully saturated rings. The van der Waals surface area contributed by atoms with Crippen molar-refractivity contribution in [2.45, 2.75) is 24.7 Å². The van der Waals surface area contributed by atoms with Crippen molar-refractivity contribution in [3.8, 4) is 0 Å². The molecule has 2 rings (SSSR count). The van der Waals surface area contributed by atoms with E-state index in [1.807, 2.05) is 0 Å². The molecule has 1 aliphatic rings. The lowest BCUT2D eigenvalue weighted by molar-refractivity contribution is -0.150. The van der Waals surface area contributed by atoms with Crippen molar-refractivity contribution < 1.29 is 18.3 Å². The van der Waals surface area contributed by atoms with E-state index in [4.69, 9.17) is 23.2 Å². The van der Waals surface area contributed by atoms with Gasteiger partial charge in [0.2, 0.25) is 10.0 Å². The summed E-state index contributed by atoms with van der Waals surface area (Å²) >= 11 is 12.6. The molecule has 0 saturated carbocycles. The molecular formula is C11H13Cl2NO4S2. The van der Waals surface area contributed by atoms with Crippen molar-refractivity contribution in [3.63, 3.8) is 0 Å². The molecule has 1 N–H and O–H groups in total. The van der Waals surface area contributed by atoms with Gasteiger partial charge in [-0.05, 0) is 25.8 Å². The number of hydrogen-bond acceptors (Lipinski definition) is 4. The van der Waals surface area contributed by atoms with E-state index in [0.717, 1.165) is 11.3 Å². The average Bonchev–Trinajstić information content (AvgIpc) is 2.69. The van der Waals surface area contributed by atoms with Gasteiger partial charge in [-0.1, -0.05) is 23.2 Å². The minimum Gasteiger partial charge on any atom is -0.481 e. The van der Waals surface area contributed by atoms with Gasteiger partial charge >= 0.3 is 5.97 Å². The van der Waals surface area contributed by atoms with Crippen molar-refractivity contribution in [2.24, 2.45) is 5.41 Å². The van der Waals surface area contributed by atoms with Crippen LogP contribution in [-0.2, 0) is 14.8 Å². The minimum absolute atomic E-state index is 0.0520. The molecule has 0 spiro atoms. The summed E-state index contributed by atoms with van der Waals surface area (Å²) in [6.45, 7) is 1.78. The van der Waals surface area contributed by atoms with Gasteiger partial charge in [0.25, 0.3) is 0 Å². The molecule has 0 aromatic carbocycles. The standard InChI is InChI=1S/C11H13Cl2NO4S2/c1-11(10(15)16)3-2-4-14(6-11)20(17,18)7-5-8(12)19-9(7)13/h5H,2-4,6H2,1H3,(H,15,16). The quantitative estimate of drug-likeness (QED) is 0.902. The summed E-state index contributed by atoms with van der Waals surface area (Å²) in [7, 11) is -3.81. The van der Waals surface area contributed by atoms with Gasteiger partial charge in [-0.2, -0.15) is 4.31 Å². The fraction of sp³-hybridized carbons (Fsp3) is 0.545. The first-order valence-electron chi connectivity index (χ1n) is 5.85. The Balaban J connectivity index is 2.35. The Labute approximate surface area is 131 Å². The smallest absolute Gasteiger partial charge is 0.310 e. The monoisotopic (exact) mass is 357 g/mol. The first-order chi connectivity index (χ1) is 9.17. The fourth-order valence-corrected chi connectivity index (χ4v) is 5.93. The molecule has 20 heavy (non-hydrogen) atoms. The first-order valence-corrected chi connectivity index (χ1v) is 8.86. The van der Waals surface area contributed by atoms with Crippen LogP contribution >= 0.6 is 34.5 Å². The summed E-state index contributed by atoms with van der Waals surface area (Å²) in [5.74, 6) is -0.994. The summed E-state index contributed by atoms with van der Waals surface area (Å²) < 4.78 is 26.6. The van der Waals surface area contributed by atoms with E-state index in [0.29, 0.717) is 12.8 Å². The predicted molar refractivity (Wildman–Crippen MR) is 78.1 cm³/mol. The number of thiophene rings is 1. The topological polar surface area (TPSA) is 74.7 Å². The van der Waals surface area contributed by atoms with Crippen molar-refractivity contribution in [2.75, 3.05) is 13.1 Å². The molecule has 112 valence electrons. The maximum Gasteiger partial charge on any atom is 0.310 e. The number of hydrogen-bond donors (Lipinski definition) is 1. The number of rotatable bonds is 3. The number of carbonyl (C=O) groups is 1. The minimum atomic E-state index is -3.81. The lowest BCUT2D eigenvalue weighted by atomic mass is 9.83. The third-order valence-corrected chi connectivity index (χ3v) is 7.02. The predicted octanol–water partition coefficient (Wildman–Crippen LogP) is 2.93. The lowest BCUT2D eigenvalue weighted by Gasteiger charge is -2.36. The van der Waals surface area contributed by atoms with Crippen LogP contribution in [-0.4, -0.2) is 36.9 Å². The number of carboxylic acid groups (broad SMARTS) is 1. The van der Waals surface area contributed by atoms with E-state index in [1.54, 1.807) is 6.92 Å². The van der Waals surface area contributed by atoms with E-state index in [1.165, 1.54) is 10.4 Å². The molecule has 2 heterocycles. The van der Waals surface area contributed by atoms with Crippen LogP contribution in [0.1, 0.15) is 19.8 Å². The van der Waals surface area contributed by atoms with Gasteiger partial charge in [-0.15, -0.1) is 11.3 Å². The second-order valence-corrected chi connectivity index (χ2v) is 9.19. The van der Waals surface area contributed by atoms with Gasteiger partial charge in [-0.3, -0.25) is 4.79 Å². The van der Waals surface area contributed by atoms with Gasteiger partial charge in [0, 0.05) is 13.1 Å². The first kappa shape index (κ1) is 16.0. The number of halogens is 2. The average molecular weight is 358 g/mol. The van der Waals surface area contributed by atoms with Crippen molar-refractivity contribution in [1.29, 1.82) is 0 Å². The maximum atomic E-state index is 12.5. The molecule has 1 atom stereocenters. The highest BCUT2D eigenvalue weighted by molar-refractivity contribution is 7.89. The molecular weight excluding hydrogens is 345 g/mol. The third-order valence-electron chi connectivity index (χ3n) is 3.42. The van der Waals surface area contributed by atoms with E-state index in [9.17, 15) is 18.3 Å². The molecule has 0 aliphatic carbocycles. The van der Waals surface area contributed by atoms with E-state index < -0.39 is 21.4 Å². The molecule has 5 nitrogen and oxygen atoms in total. The van der Waals surface area contributed by atoms with E-state index >= 15 is 0 Å². The summed E-state index contributed by atoms with van der Waals surface area (Å²) in [4.78, 5) is 11.2. The molecule has 9 heteroatoms. The Morgan fingerprint density at radius 3 is 2.65 bits per heavy atom. The third kappa shape index (κ3) is 2.82. The molecule has 1 aromatic rings. The van der Waals surface area contributed by atoms with E-state index in [2.05, 4.69) is 0 Å². The largest absolute Gasteiger partial charge is 0.481 e. The molecule has 1 saturated heterocycles. The van der Waals surface area contributed by atoms with Crippen LogP contribution in [0.5, 0.6) is 0 Å². The molecule has 1 unspecified atom stereocenters. The Hall–Kier alpha value is -0.340. The number of nitrogens with zero attached hydrogens (tertiary/aromatic N) is 1. The molecule has 1 aromatic heterocycles. The number of sulfonamides is 1. The van der Waals surface area contributed by atoms with Crippen LogP contribution in [0.15, 0.2) is 11.0 Å². The Kier molecular flexibility index (Phi) is 4.37. The second-order valence-electron chi connectivity index (χ2n) is 5.00. The molecule has 1 aliphatic heterocycles. The van der Waals surface area contributed by atoms with Crippen molar-refractivity contribution in [1.82, 2.24) is 4.31 Å². The second kappa shape index (κ2) is 5.46. The highest BCUT2D eigenvalue weighted by Crippen LogP contribution is 2.38. The zero-order valence-corrected chi connectivity index (χ0v) is 13.7. The van der Waals surface area contributed by atoms with Gasteiger partial charge in [0.15, 0.2) is 0 Å². The highest BCUT2D eigenvalue weighted by Gasteiger charge is 2.42. The Morgan fingerprint density at radius 1 is 1.50 bits per heavy atom. The summed E-state index contributed by atoms with van der Waals surface area (Å²) in [5, 5.41) is 9.24. The van der Waals surface area contributed by atoms with Crippen LogP contribution < -0.4 is 0 Å². The van der Waals surface area contributed by atoms with Crippen LogP contribution in [0.4, 0.5) is 0 Å². The Bertz CT molecular complexity index is 643. The van der Waals surface area contributed by atoms with Crippen LogP contribution in [0.3, 0.4) is 0 Å². The Morgan fingerprint density at radius 2 is 2.15 bits per heavy atom. The van der Waals surface area contributed by atoms with Gasteiger partial charge in [0.1, 0.15) is 9.23 Å². The van der Waals surface area contributed by atoms with Crippen LogP contribution in [0, 0.1) is 5.41 Å². The lowest BCUT2D eigenvalue weighted by Crippen LogP contribution is -2.48. The zero-order valence-electron chi connectivity index (χ0n) is 10.6. The van der Waals surface area contributed by atoms with Gasteiger partial charge in [-0.25, -0.2) is 8.42 Å². The molecule has 0 radical (unpaired) electrons. The number of aliphatic carboxylic acids is 1. The number of carboxylic acids is 1. The summed E-state index contributed by atoms with van der Waals surface area (Å²) in [6.07, 6.45) is 0.948. The SMILES string of the molecule is CC1(C(=O)O)CCCN(S(=O)(=O)c2cc(Cl)sc2Cl)C1. The zero-order chi connectivity index (χ0) is 15.1. The van der Waals surface area contributed by atoms with Crippen molar-refractivity contribution in [3.05, 3.63) is 14.7 Å². The summed E-state index contributed by atoms with van der Waals surface area (Å²) in [6, 6.07) is 1.30. The fourth-order valence-electron chi connectivity index (χ4n) is 2.21. The molecule has 0 amide bonds. The van der Waals surface area contributed by atoms with Gasteiger partial charge in [0.05, 0.1) is 9.75 Å². The van der Waals surface area contributed by atoms with Gasteiger partial charge < -0.3 is 5.11 Å². The summed E-state index contributed by atoms with van der Waals surface area (Å²) in [5.41, 5.74) is -1.07. The van der Waals surface area contributed by atoms with Crippen LogP contribution in [0.2, 0.25) is 8.67 Å². The normalized spacial score (nSPS) is 24.8. The number of piperidine rings is 1. The maximum absolute atomic E-state index is 12.5. The molecule has 0 bridgehead atoms. The van der Waals surface area contributed by atoms with E-state index in [-0.39, 0.29) is 26.7 Å².